The number of hydrogen-bond acceptors (Lipinski definition) is 4. The first-order valence-corrected chi connectivity index (χ1v) is 16.6. The van der Waals surface area contributed by atoms with Crippen molar-refractivity contribution in [2.75, 3.05) is 0 Å². The number of nitrogens with zero attached hydrogens (tertiary/aromatic N) is 4. The fourth-order valence-electron chi connectivity index (χ4n) is 6.80. The molecule has 3 aromatic carbocycles. The van der Waals surface area contributed by atoms with Gasteiger partial charge in [0.25, 0.3) is 0 Å². The Morgan fingerprint density at radius 2 is 1.62 bits per heavy atom. The van der Waals surface area contributed by atoms with Crippen molar-refractivity contribution in [2.24, 2.45) is 5.92 Å². The van der Waals surface area contributed by atoms with Gasteiger partial charge in [0.15, 0.2) is 0 Å². The van der Waals surface area contributed by atoms with E-state index in [4.69, 9.17) is 15.0 Å². The van der Waals surface area contributed by atoms with E-state index >= 15 is 0 Å². The van der Waals surface area contributed by atoms with Crippen LogP contribution in [-0.4, -0.2) is 31.5 Å². The van der Waals surface area contributed by atoms with Gasteiger partial charge in [0.1, 0.15) is 6.79 Å². The highest BCUT2D eigenvalue weighted by molar-refractivity contribution is 5.94. The summed E-state index contributed by atoms with van der Waals surface area (Å²) in [4.78, 5) is 8.00. The lowest BCUT2D eigenvalue weighted by Gasteiger charge is -2.22. The van der Waals surface area contributed by atoms with Crippen LogP contribution in [0.15, 0.2) is 72.9 Å². The molecule has 6 nitrogen and oxygen atoms in total. The molecule has 238 valence electrons. The molecule has 1 aliphatic carbocycles. The standard InChI is InChI=1S/C36H42N4O.C2H6.CH2O/c1-24(2)35-26(4)40(33-19-18-28(20-25(33)3)21-27-12-7-5-8-13-27)38-36(35)30-16-11-17-32-31(30)22-39(37-32)23-34(41)29-14-9-6-10-15-29;2*1-2/h6,9-11,14-20,22,24,27,34,41H,5,7-8,12-13,21,23H2,1-4H3;1-2H3;1H2/t34-;;/m0../s1. The average molecular weight is 607 g/mol. The van der Waals surface area contributed by atoms with E-state index in [2.05, 4.69) is 68.9 Å². The van der Waals surface area contributed by atoms with Gasteiger partial charge in [-0.05, 0) is 60.9 Å². The number of rotatable bonds is 8. The zero-order valence-corrected chi connectivity index (χ0v) is 28.0. The first-order chi connectivity index (χ1) is 21.9. The van der Waals surface area contributed by atoms with Crippen LogP contribution in [-0.2, 0) is 17.8 Å². The van der Waals surface area contributed by atoms with Gasteiger partial charge in [-0.15, -0.1) is 0 Å². The highest BCUT2D eigenvalue weighted by Crippen LogP contribution is 2.37. The maximum absolute atomic E-state index is 10.8. The van der Waals surface area contributed by atoms with E-state index in [0.29, 0.717) is 12.5 Å². The summed E-state index contributed by atoms with van der Waals surface area (Å²) in [5, 5.41) is 22.0. The van der Waals surface area contributed by atoms with Gasteiger partial charge in [-0.1, -0.05) is 114 Å². The smallest absolute Gasteiger partial charge is 0.106 e. The van der Waals surface area contributed by atoms with Crippen LogP contribution in [0, 0.1) is 19.8 Å². The van der Waals surface area contributed by atoms with Crippen LogP contribution in [0.2, 0.25) is 0 Å². The second kappa shape index (κ2) is 15.8. The van der Waals surface area contributed by atoms with Gasteiger partial charge in [0, 0.05) is 28.4 Å². The summed E-state index contributed by atoms with van der Waals surface area (Å²) in [5.41, 5.74) is 10.2. The van der Waals surface area contributed by atoms with Crippen molar-refractivity contribution < 1.29 is 9.90 Å². The molecule has 45 heavy (non-hydrogen) atoms. The average Bonchev–Trinajstić information content (AvgIpc) is 3.64. The Balaban J connectivity index is 0.00000111. The van der Waals surface area contributed by atoms with E-state index in [0.717, 1.165) is 39.3 Å². The van der Waals surface area contributed by atoms with Crippen LogP contribution in [0.3, 0.4) is 0 Å². The van der Waals surface area contributed by atoms with E-state index in [-0.39, 0.29) is 0 Å². The van der Waals surface area contributed by atoms with Crippen molar-refractivity contribution >= 4 is 17.7 Å². The van der Waals surface area contributed by atoms with E-state index in [1.807, 2.05) is 61.7 Å². The predicted molar refractivity (Wildman–Crippen MR) is 186 cm³/mol. The van der Waals surface area contributed by atoms with Crippen LogP contribution >= 0.6 is 0 Å². The summed E-state index contributed by atoms with van der Waals surface area (Å²) >= 11 is 0. The molecule has 0 bridgehead atoms. The van der Waals surface area contributed by atoms with E-state index < -0.39 is 6.10 Å². The van der Waals surface area contributed by atoms with E-state index in [1.165, 1.54) is 60.9 Å². The minimum absolute atomic E-state index is 0.315. The molecule has 1 saturated carbocycles. The second-order valence-electron chi connectivity index (χ2n) is 12.3. The van der Waals surface area contributed by atoms with Gasteiger partial charge in [-0.2, -0.15) is 10.2 Å². The topological polar surface area (TPSA) is 72.9 Å². The molecule has 2 heterocycles. The van der Waals surface area contributed by atoms with Crippen molar-refractivity contribution in [1.29, 1.82) is 0 Å². The SMILES string of the molecule is C=O.CC.Cc1cc(CC2CCCCC2)ccc1-n1nc(-c2cccc3nn(C[C@H](O)c4ccccc4)cc23)c(C(C)C)c1C. The largest absolute Gasteiger partial charge is 0.386 e. The third-order valence-corrected chi connectivity index (χ3v) is 8.88. The molecule has 1 atom stereocenters. The van der Waals surface area contributed by atoms with Crippen molar-refractivity contribution in [3.63, 3.8) is 0 Å². The predicted octanol–water partition coefficient (Wildman–Crippen LogP) is 9.33. The molecule has 6 rings (SSSR count). The number of fused-ring (bicyclic) bond motifs is 1. The van der Waals surface area contributed by atoms with Gasteiger partial charge in [-0.25, -0.2) is 4.68 Å². The highest BCUT2D eigenvalue weighted by atomic mass is 16.3. The minimum Gasteiger partial charge on any atom is -0.386 e. The Morgan fingerprint density at radius 1 is 0.911 bits per heavy atom. The Bertz CT molecular complexity index is 1660. The summed E-state index contributed by atoms with van der Waals surface area (Å²) in [6.45, 7) is 15.3. The van der Waals surface area contributed by atoms with Gasteiger partial charge < -0.3 is 9.90 Å². The summed E-state index contributed by atoms with van der Waals surface area (Å²) in [5.74, 6) is 1.14. The first kappa shape index (κ1) is 33.9. The number of aryl methyl sites for hydroxylation is 1. The molecule has 0 radical (unpaired) electrons. The molecule has 1 aliphatic rings. The third-order valence-electron chi connectivity index (χ3n) is 8.88. The second-order valence-corrected chi connectivity index (χ2v) is 12.3. The molecule has 0 amide bonds. The molecule has 0 saturated heterocycles. The zero-order valence-electron chi connectivity index (χ0n) is 28.0. The van der Waals surface area contributed by atoms with E-state index in [9.17, 15) is 5.11 Å². The molecule has 0 unspecified atom stereocenters. The molecule has 6 heteroatoms. The Labute approximate surface area is 269 Å². The van der Waals surface area contributed by atoms with Gasteiger partial charge in [-0.3, -0.25) is 4.68 Å². The Hall–Kier alpha value is -4.03. The number of aromatic nitrogens is 4. The fraction of sp³-hybridized carbons (Fsp3) is 0.410. The monoisotopic (exact) mass is 606 g/mol. The lowest BCUT2D eigenvalue weighted by atomic mass is 9.84. The van der Waals surface area contributed by atoms with Gasteiger partial charge in [0.05, 0.1) is 29.5 Å². The van der Waals surface area contributed by atoms with Crippen LogP contribution in [0.25, 0.3) is 27.8 Å². The summed E-state index contributed by atoms with van der Waals surface area (Å²) in [6.07, 6.45) is 9.53. The summed E-state index contributed by atoms with van der Waals surface area (Å²) in [6, 6.07) is 23.0. The molecule has 2 aromatic heterocycles. The van der Waals surface area contributed by atoms with Crippen LogP contribution in [0.5, 0.6) is 0 Å². The minimum atomic E-state index is -0.620. The van der Waals surface area contributed by atoms with Crippen LogP contribution in [0.1, 0.15) is 99.8 Å². The molecule has 5 aromatic rings. The van der Waals surface area contributed by atoms with Gasteiger partial charge >= 0.3 is 0 Å². The Morgan fingerprint density at radius 3 is 2.29 bits per heavy atom. The fourth-order valence-corrected chi connectivity index (χ4v) is 6.80. The number of carbonyl (C=O) groups excluding carboxylic acids is 1. The van der Waals surface area contributed by atoms with E-state index in [1.54, 1.807) is 0 Å². The lowest BCUT2D eigenvalue weighted by molar-refractivity contribution is -0.0980. The number of aliphatic hydroxyl groups excluding tert-OH is 1. The van der Waals surface area contributed by atoms with Crippen molar-refractivity contribution in [3.05, 3.63) is 101 Å². The molecule has 1 fully saturated rings. The quantitative estimate of drug-likeness (QED) is 0.191. The molecular formula is C39H50N4O2. The highest BCUT2D eigenvalue weighted by Gasteiger charge is 2.23. The maximum atomic E-state index is 10.8. The maximum Gasteiger partial charge on any atom is 0.106 e. The summed E-state index contributed by atoms with van der Waals surface area (Å²) in [7, 11) is 0. The molecule has 1 N–H and O–H groups in total. The summed E-state index contributed by atoms with van der Waals surface area (Å²) < 4.78 is 4.01. The Kier molecular flexibility index (Phi) is 11.9. The van der Waals surface area contributed by atoms with Crippen molar-refractivity contribution in [1.82, 2.24) is 19.6 Å². The number of aliphatic hydroxyl groups is 1. The number of carbonyl (C=O) groups is 1. The lowest BCUT2D eigenvalue weighted by Crippen LogP contribution is -2.10. The first-order valence-electron chi connectivity index (χ1n) is 16.6. The molecule has 0 spiro atoms. The zero-order chi connectivity index (χ0) is 32.5. The number of benzene rings is 3. The van der Waals surface area contributed by atoms with Crippen molar-refractivity contribution in [2.45, 2.75) is 98.6 Å². The normalized spacial score (nSPS) is 14.0. The third kappa shape index (κ3) is 7.62. The van der Waals surface area contributed by atoms with Crippen molar-refractivity contribution in [3.8, 4) is 16.9 Å². The molecular weight excluding hydrogens is 556 g/mol. The van der Waals surface area contributed by atoms with Gasteiger partial charge in [0.2, 0.25) is 0 Å². The number of hydrogen-bond donors (Lipinski definition) is 1. The molecule has 0 aliphatic heterocycles. The van der Waals surface area contributed by atoms with Crippen LogP contribution < -0.4 is 0 Å². The van der Waals surface area contributed by atoms with Crippen LogP contribution in [0.4, 0.5) is 0 Å².